The van der Waals surface area contributed by atoms with Crippen LogP contribution in [0.5, 0.6) is 5.75 Å². The molecule has 1 N–H and O–H groups in total. The standard InChI is InChI=1S/C13H14FNO2/c1-2-16-13-6-5-10(8-12(13)14)15-9-11-4-3-7-17-11/h3-8,15H,2,9H2,1H3. The molecule has 2 aromatic rings. The van der Waals surface area contributed by atoms with E-state index in [9.17, 15) is 4.39 Å². The van der Waals surface area contributed by atoms with Gasteiger partial charge in [-0.2, -0.15) is 0 Å². The van der Waals surface area contributed by atoms with Crippen molar-refractivity contribution in [1.29, 1.82) is 0 Å². The molecule has 4 heteroatoms. The van der Waals surface area contributed by atoms with Crippen LogP contribution < -0.4 is 10.1 Å². The summed E-state index contributed by atoms with van der Waals surface area (Å²) in [7, 11) is 0. The highest BCUT2D eigenvalue weighted by Crippen LogP contribution is 2.21. The van der Waals surface area contributed by atoms with Gasteiger partial charge >= 0.3 is 0 Å². The second-order valence-electron chi connectivity index (χ2n) is 3.51. The molecule has 0 spiro atoms. The Morgan fingerprint density at radius 1 is 1.35 bits per heavy atom. The van der Waals surface area contributed by atoms with E-state index >= 15 is 0 Å². The number of furan rings is 1. The maximum atomic E-state index is 13.5. The van der Waals surface area contributed by atoms with Crippen LogP contribution in [0.2, 0.25) is 0 Å². The monoisotopic (exact) mass is 235 g/mol. The Morgan fingerprint density at radius 2 is 2.24 bits per heavy atom. The van der Waals surface area contributed by atoms with Crippen LogP contribution in [0.25, 0.3) is 0 Å². The topological polar surface area (TPSA) is 34.4 Å². The summed E-state index contributed by atoms with van der Waals surface area (Å²) in [5.74, 6) is 0.714. The Morgan fingerprint density at radius 3 is 2.88 bits per heavy atom. The lowest BCUT2D eigenvalue weighted by molar-refractivity contribution is 0.321. The van der Waals surface area contributed by atoms with E-state index < -0.39 is 0 Å². The third-order valence-corrected chi connectivity index (χ3v) is 2.28. The number of anilines is 1. The Balaban J connectivity index is 2.00. The van der Waals surface area contributed by atoms with E-state index in [0.717, 1.165) is 5.76 Å². The van der Waals surface area contributed by atoms with Crippen molar-refractivity contribution in [1.82, 2.24) is 0 Å². The first-order valence-corrected chi connectivity index (χ1v) is 5.48. The van der Waals surface area contributed by atoms with Crippen LogP contribution in [0.1, 0.15) is 12.7 Å². The molecule has 90 valence electrons. The van der Waals surface area contributed by atoms with Crippen molar-refractivity contribution in [2.45, 2.75) is 13.5 Å². The molecule has 0 saturated carbocycles. The third kappa shape index (κ3) is 3.00. The lowest BCUT2D eigenvalue weighted by atomic mass is 10.3. The molecule has 3 nitrogen and oxygen atoms in total. The van der Waals surface area contributed by atoms with Crippen molar-refractivity contribution in [3.8, 4) is 5.75 Å². The Labute approximate surface area is 99.2 Å². The SMILES string of the molecule is CCOc1ccc(NCc2ccco2)cc1F. The molecule has 0 unspecified atom stereocenters. The van der Waals surface area contributed by atoms with E-state index in [-0.39, 0.29) is 11.6 Å². The first-order valence-electron chi connectivity index (χ1n) is 5.48. The molecule has 1 heterocycles. The maximum absolute atomic E-state index is 13.5. The Hall–Kier alpha value is -1.97. The first kappa shape index (κ1) is 11.5. The Kier molecular flexibility index (Phi) is 3.65. The van der Waals surface area contributed by atoms with E-state index in [2.05, 4.69) is 5.32 Å². The summed E-state index contributed by atoms with van der Waals surface area (Å²) in [6.07, 6.45) is 1.61. The second-order valence-corrected chi connectivity index (χ2v) is 3.51. The molecule has 0 aliphatic heterocycles. The smallest absolute Gasteiger partial charge is 0.167 e. The van der Waals surface area contributed by atoms with Crippen molar-refractivity contribution in [2.75, 3.05) is 11.9 Å². The largest absolute Gasteiger partial charge is 0.491 e. The molecule has 1 aromatic heterocycles. The number of hydrogen-bond acceptors (Lipinski definition) is 3. The van der Waals surface area contributed by atoms with Gasteiger partial charge in [0.2, 0.25) is 0 Å². The van der Waals surface area contributed by atoms with Crippen molar-refractivity contribution in [2.24, 2.45) is 0 Å². The molecular formula is C13H14FNO2. The van der Waals surface area contributed by atoms with Gasteiger partial charge in [0.25, 0.3) is 0 Å². The number of benzene rings is 1. The average molecular weight is 235 g/mol. The van der Waals surface area contributed by atoms with E-state index in [1.54, 1.807) is 18.4 Å². The minimum absolute atomic E-state index is 0.274. The lowest BCUT2D eigenvalue weighted by Crippen LogP contribution is -2.00. The number of rotatable bonds is 5. The Bertz CT molecular complexity index is 468. The van der Waals surface area contributed by atoms with Gasteiger partial charge in [-0.3, -0.25) is 0 Å². The van der Waals surface area contributed by atoms with Crippen molar-refractivity contribution < 1.29 is 13.5 Å². The fraction of sp³-hybridized carbons (Fsp3) is 0.231. The molecule has 0 aliphatic rings. The van der Waals surface area contributed by atoms with Crippen molar-refractivity contribution in [3.63, 3.8) is 0 Å². The summed E-state index contributed by atoms with van der Waals surface area (Å²) >= 11 is 0. The minimum Gasteiger partial charge on any atom is -0.491 e. The highest BCUT2D eigenvalue weighted by Gasteiger charge is 2.04. The molecule has 1 aromatic carbocycles. The zero-order valence-electron chi connectivity index (χ0n) is 9.57. The summed E-state index contributed by atoms with van der Waals surface area (Å²) in [4.78, 5) is 0. The number of hydrogen-bond donors (Lipinski definition) is 1. The predicted octanol–water partition coefficient (Wildman–Crippen LogP) is 3.43. The molecule has 17 heavy (non-hydrogen) atoms. The van der Waals surface area contributed by atoms with Gasteiger partial charge in [0.05, 0.1) is 19.4 Å². The molecule has 0 bridgehead atoms. The van der Waals surface area contributed by atoms with Gasteiger partial charge in [0.15, 0.2) is 11.6 Å². The second kappa shape index (κ2) is 5.39. The zero-order valence-corrected chi connectivity index (χ0v) is 9.57. The number of ether oxygens (including phenoxy) is 1. The molecule has 0 fully saturated rings. The van der Waals surface area contributed by atoms with E-state index in [0.29, 0.717) is 18.8 Å². The summed E-state index contributed by atoms with van der Waals surface area (Å²) < 4.78 is 23.8. The fourth-order valence-electron chi connectivity index (χ4n) is 1.49. The fourth-order valence-corrected chi connectivity index (χ4v) is 1.49. The molecule has 0 radical (unpaired) electrons. The van der Waals surface area contributed by atoms with Crippen LogP contribution >= 0.6 is 0 Å². The molecule has 0 saturated heterocycles. The average Bonchev–Trinajstić information content (AvgIpc) is 2.83. The van der Waals surface area contributed by atoms with Gasteiger partial charge in [0.1, 0.15) is 5.76 Å². The predicted molar refractivity (Wildman–Crippen MR) is 63.6 cm³/mol. The van der Waals surface area contributed by atoms with Gasteiger partial charge in [-0.25, -0.2) is 4.39 Å². The summed E-state index contributed by atoms with van der Waals surface area (Å²) in [5, 5.41) is 3.07. The molecule has 0 atom stereocenters. The van der Waals surface area contributed by atoms with Crippen LogP contribution in [0, 0.1) is 5.82 Å². The summed E-state index contributed by atoms with van der Waals surface area (Å²) in [5.41, 5.74) is 0.697. The van der Waals surface area contributed by atoms with Crippen molar-refractivity contribution >= 4 is 5.69 Å². The van der Waals surface area contributed by atoms with Gasteiger partial charge in [-0.1, -0.05) is 0 Å². The number of halogens is 1. The van der Waals surface area contributed by atoms with Gasteiger partial charge < -0.3 is 14.5 Å². The van der Waals surface area contributed by atoms with E-state index in [4.69, 9.17) is 9.15 Å². The normalized spacial score (nSPS) is 10.2. The highest BCUT2D eigenvalue weighted by molar-refractivity contribution is 5.47. The molecular weight excluding hydrogens is 221 g/mol. The van der Waals surface area contributed by atoms with Crippen molar-refractivity contribution in [3.05, 3.63) is 48.2 Å². The van der Waals surface area contributed by atoms with E-state index in [1.807, 2.05) is 19.1 Å². The van der Waals surface area contributed by atoms with Crippen LogP contribution in [0.15, 0.2) is 41.0 Å². The third-order valence-electron chi connectivity index (χ3n) is 2.28. The first-order chi connectivity index (χ1) is 8.29. The van der Waals surface area contributed by atoms with Crippen LogP contribution in [-0.4, -0.2) is 6.61 Å². The minimum atomic E-state index is -0.365. The van der Waals surface area contributed by atoms with Gasteiger partial charge in [-0.05, 0) is 31.2 Å². The maximum Gasteiger partial charge on any atom is 0.167 e. The van der Waals surface area contributed by atoms with Gasteiger partial charge in [0, 0.05) is 11.8 Å². The molecule has 2 rings (SSSR count). The number of nitrogens with one attached hydrogen (secondary N) is 1. The van der Waals surface area contributed by atoms with E-state index in [1.165, 1.54) is 6.07 Å². The molecule has 0 amide bonds. The zero-order chi connectivity index (χ0) is 12.1. The highest BCUT2D eigenvalue weighted by atomic mass is 19.1. The summed E-state index contributed by atoms with van der Waals surface area (Å²) in [6.45, 7) is 2.80. The van der Waals surface area contributed by atoms with Crippen LogP contribution in [-0.2, 0) is 6.54 Å². The quantitative estimate of drug-likeness (QED) is 0.862. The van der Waals surface area contributed by atoms with Crippen LogP contribution in [0.3, 0.4) is 0 Å². The van der Waals surface area contributed by atoms with Crippen LogP contribution in [0.4, 0.5) is 10.1 Å². The van der Waals surface area contributed by atoms with Gasteiger partial charge in [-0.15, -0.1) is 0 Å². The lowest BCUT2D eigenvalue weighted by Gasteiger charge is -2.08. The molecule has 0 aliphatic carbocycles. The summed E-state index contributed by atoms with van der Waals surface area (Å²) in [6, 6.07) is 8.47.